The van der Waals surface area contributed by atoms with Crippen molar-refractivity contribution in [3.05, 3.63) is 126 Å². The molecule has 0 fully saturated rings. The molecule has 3 aromatic carbocycles. The number of rotatable bonds is 7. The number of benzene rings is 3. The molecule has 0 aliphatic carbocycles. The van der Waals surface area contributed by atoms with E-state index in [-0.39, 0.29) is 11.3 Å². The molecule has 0 bridgehead atoms. The fourth-order valence-electron chi connectivity index (χ4n) is 4.07. The molecular weight excluding hydrogens is 430 g/mol. The van der Waals surface area contributed by atoms with Crippen LogP contribution in [0.5, 0.6) is 0 Å². The minimum Gasteiger partial charge on any atom is -0.360 e. The summed E-state index contributed by atoms with van der Waals surface area (Å²) in [5, 5.41) is 6.97. The Kier molecular flexibility index (Phi) is 6.12. The lowest BCUT2D eigenvalue weighted by Gasteiger charge is -2.26. The summed E-state index contributed by atoms with van der Waals surface area (Å²) in [7, 11) is 0. The Bertz CT molecular complexity index is 1330. The first-order valence-electron chi connectivity index (χ1n) is 11.0. The number of anilines is 1. The van der Waals surface area contributed by atoms with Crippen molar-refractivity contribution in [1.82, 2.24) is 15.2 Å². The molecule has 34 heavy (non-hydrogen) atoms. The first kappa shape index (κ1) is 21.5. The topological polar surface area (TPSA) is 44.8 Å². The number of pyridine rings is 1. The molecule has 168 valence electrons. The van der Waals surface area contributed by atoms with Crippen molar-refractivity contribution in [3.8, 4) is 22.4 Å². The summed E-state index contributed by atoms with van der Waals surface area (Å²) in [4.78, 5) is 5.94. The number of hydrogen-bond donors (Lipinski definition) is 1. The number of halogens is 2. The number of aromatic amines is 1. The number of H-pyrrole nitrogens is 1. The largest absolute Gasteiger partial charge is 0.360 e. The van der Waals surface area contributed by atoms with Crippen LogP contribution in [0.2, 0.25) is 0 Å². The van der Waals surface area contributed by atoms with Crippen LogP contribution in [0.4, 0.5) is 14.5 Å². The highest BCUT2D eigenvalue weighted by Gasteiger charge is 2.24. The molecule has 0 saturated heterocycles. The summed E-state index contributed by atoms with van der Waals surface area (Å²) in [5.74, 6) is -1.31. The van der Waals surface area contributed by atoms with E-state index in [0.717, 1.165) is 16.7 Å². The highest BCUT2D eigenvalue weighted by Crippen LogP contribution is 2.37. The molecule has 2 heterocycles. The second-order valence-electron chi connectivity index (χ2n) is 7.97. The summed E-state index contributed by atoms with van der Waals surface area (Å²) in [6, 6.07) is 26.0. The van der Waals surface area contributed by atoms with Gasteiger partial charge in [0.1, 0.15) is 11.5 Å². The molecule has 0 spiro atoms. The van der Waals surface area contributed by atoms with Gasteiger partial charge in [-0.3, -0.25) is 10.1 Å². The van der Waals surface area contributed by atoms with E-state index < -0.39 is 11.6 Å². The summed E-state index contributed by atoms with van der Waals surface area (Å²) in [5.41, 5.74) is 3.82. The van der Waals surface area contributed by atoms with Crippen LogP contribution in [0.15, 0.2) is 104 Å². The molecule has 1 N–H and O–H groups in total. The van der Waals surface area contributed by atoms with Gasteiger partial charge in [-0.15, -0.1) is 0 Å². The predicted molar refractivity (Wildman–Crippen MR) is 130 cm³/mol. The molecule has 0 radical (unpaired) electrons. The summed E-state index contributed by atoms with van der Waals surface area (Å²) in [6.45, 7) is 0.936. The zero-order valence-corrected chi connectivity index (χ0v) is 18.3. The summed E-state index contributed by atoms with van der Waals surface area (Å²) < 4.78 is 31.2. The number of aromatic nitrogens is 3. The summed E-state index contributed by atoms with van der Waals surface area (Å²) >= 11 is 0. The highest BCUT2D eigenvalue weighted by molar-refractivity contribution is 5.82. The van der Waals surface area contributed by atoms with Crippen molar-refractivity contribution < 1.29 is 8.78 Å². The zero-order chi connectivity index (χ0) is 23.3. The molecule has 0 unspecified atom stereocenters. The van der Waals surface area contributed by atoms with Crippen LogP contribution in [0, 0.1) is 11.6 Å². The monoisotopic (exact) mass is 452 g/mol. The van der Waals surface area contributed by atoms with Crippen LogP contribution in [-0.4, -0.2) is 15.2 Å². The molecule has 4 nitrogen and oxygen atoms in total. The van der Waals surface area contributed by atoms with E-state index >= 15 is 8.78 Å². The van der Waals surface area contributed by atoms with Gasteiger partial charge in [0.05, 0.1) is 11.3 Å². The average Bonchev–Trinajstić information content (AvgIpc) is 3.35. The van der Waals surface area contributed by atoms with Crippen LogP contribution < -0.4 is 4.90 Å². The normalized spacial score (nSPS) is 10.9. The van der Waals surface area contributed by atoms with E-state index in [2.05, 4.69) is 15.2 Å². The lowest BCUT2D eigenvalue weighted by Crippen LogP contribution is -2.23. The third-order valence-electron chi connectivity index (χ3n) is 5.71. The van der Waals surface area contributed by atoms with Gasteiger partial charge in [-0.05, 0) is 41.0 Å². The second kappa shape index (κ2) is 9.67. The van der Waals surface area contributed by atoms with Gasteiger partial charge in [-0.25, -0.2) is 8.78 Å². The zero-order valence-electron chi connectivity index (χ0n) is 18.3. The molecule has 0 aliphatic rings. The maximum atomic E-state index is 16.1. The Morgan fingerprint density at radius 1 is 0.735 bits per heavy atom. The van der Waals surface area contributed by atoms with Crippen LogP contribution in [0.25, 0.3) is 22.4 Å². The van der Waals surface area contributed by atoms with Gasteiger partial charge in [-0.2, -0.15) is 5.10 Å². The number of nitrogens with one attached hydrogen (secondary N) is 1. The fourth-order valence-corrected chi connectivity index (χ4v) is 4.07. The number of nitrogens with zero attached hydrogens (tertiary/aromatic N) is 3. The maximum Gasteiger partial charge on any atom is 0.158 e. The van der Waals surface area contributed by atoms with Gasteiger partial charge < -0.3 is 4.90 Å². The molecule has 0 aliphatic heterocycles. The standard InChI is InChI=1S/C28H22F2N4/c29-24-11-12-25(27(30)26(24)28-23(17-32-33-28)22-13-15-31-16-14-22)34(18-20-7-3-1-4-8-20)19-21-9-5-2-6-10-21/h1-17H,18-19H2,(H,32,33). The van der Waals surface area contributed by atoms with E-state index in [1.54, 1.807) is 30.7 Å². The SMILES string of the molecule is Fc1ccc(N(Cc2ccccc2)Cc2ccccc2)c(F)c1-c1n[nH]cc1-c1ccncc1. The lowest BCUT2D eigenvalue weighted by atomic mass is 10.0. The van der Waals surface area contributed by atoms with Gasteiger partial charge in [0, 0.05) is 37.2 Å². The van der Waals surface area contributed by atoms with Gasteiger partial charge >= 0.3 is 0 Å². The fraction of sp³-hybridized carbons (Fsp3) is 0.0714. The average molecular weight is 453 g/mol. The molecular formula is C28H22F2N4. The minimum atomic E-state index is -0.664. The molecule has 5 rings (SSSR count). The molecule has 6 heteroatoms. The molecule has 0 amide bonds. The number of hydrogen-bond acceptors (Lipinski definition) is 3. The van der Waals surface area contributed by atoms with Crippen LogP contribution in [0.1, 0.15) is 11.1 Å². The summed E-state index contributed by atoms with van der Waals surface area (Å²) in [6.07, 6.45) is 4.91. The molecule has 0 atom stereocenters. The van der Waals surface area contributed by atoms with E-state index in [0.29, 0.717) is 24.3 Å². The maximum absolute atomic E-state index is 16.1. The van der Waals surface area contributed by atoms with Gasteiger partial charge in [-0.1, -0.05) is 60.7 Å². The molecule has 2 aromatic heterocycles. The van der Waals surface area contributed by atoms with Gasteiger partial charge in [0.25, 0.3) is 0 Å². The Morgan fingerprint density at radius 2 is 1.35 bits per heavy atom. The Balaban J connectivity index is 1.60. The smallest absolute Gasteiger partial charge is 0.158 e. The minimum absolute atomic E-state index is 0.156. The molecule has 5 aromatic rings. The van der Waals surface area contributed by atoms with Crippen LogP contribution >= 0.6 is 0 Å². The van der Waals surface area contributed by atoms with E-state index in [4.69, 9.17) is 0 Å². The first-order chi connectivity index (χ1) is 16.7. The van der Waals surface area contributed by atoms with E-state index in [1.807, 2.05) is 65.6 Å². The third kappa shape index (κ3) is 4.43. The predicted octanol–water partition coefficient (Wildman–Crippen LogP) is 6.62. The van der Waals surface area contributed by atoms with Crippen molar-refractivity contribution in [2.24, 2.45) is 0 Å². The van der Waals surface area contributed by atoms with E-state index in [9.17, 15) is 0 Å². The lowest BCUT2D eigenvalue weighted by molar-refractivity contribution is 0.582. The first-order valence-corrected chi connectivity index (χ1v) is 11.0. The van der Waals surface area contributed by atoms with E-state index in [1.165, 1.54) is 12.1 Å². The third-order valence-corrected chi connectivity index (χ3v) is 5.71. The van der Waals surface area contributed by atoms with Crippen molar-refractivity contribution >= 4 is 5.69 Å². The Hall–Kier alpha value is -4.32. The highest BCUT2D eigenvalue weighted by atomic mass is 19.1. The second-order valence-corrected chi connectivity index (χ2v) is 7.97. The quantitative estimate of drug-likeness (QED) is 0.302. The van der Waals surface area contributed by atoms with Gasteiger partial charge in [0.15, 0.2) is 5.82 Å². The van der Waals surface area contributed by atoms with Crippen molar-refractivity contribution in [2.75, 3.05) is 4.90 Å². The van der Waals surface area contributed by atoms with Crippen LogP contribution in [-0.2, 0) is 13.1 Å². The molecule has 0 saturated carbocycles. The Morgan fingerprint density at radius 3 is 1.97 bits per heavy atom. The van der Waals surface area contributed by atoms with Crippen molar-refractivity contribution in [3.63, 3.8) is 0 Å². The Labute approximate surface area is 196 Å². The van der Waals surface area contributed by atoms with Crippen molar-refractivity contribution in [1.29, 1.82) is 0 Å². The van der Waals surface area contributed by atoms with Gasteiger partial charge in [0.2, 0.25) is 0 Å². The van der Waals surface area contributed by atoms with Crippen molar-refractivity contribution in [2.45, 2.75) is 13.1 Å². The van der Waals surface area contributed by atoms with Crippen LogP contribution in [0.3, 0.4) is 0 Å².